The fourth-order valence-corrected chi connectivity index (χ4v) is 4.93. The number of aryl methyl sites for hydroxylation is 2. The van der Waals surface area contributed by atoms with E-state index in [0.717, 1.165) is 56.4 Å². The monoisotopic (exact) mass is 497 g/mol. The Morgan fingerprint density at radius 2 is 1.64 bits per heavy atom. The van der Waals surface area contributed by atoms with Crippen molar-refractivity contribution < 1.29 is 35.1 Å². The second-order valence-electron chi connectivity index (χ2n) is 9.82. The number of carboxylic acids is 2. The molecule has 2 aliphatic rings. The Morgan fingerprint density at radius 1 is 1.03 bits per heavy atom. The van der Waals surface area contributed by atoms with Gasteiger partial charge in [0, 0.05) is 44.1 Å². The topological polar surface area (TPSA) is 139 Å². The average molecular weight is 498 g/mol. The molecule has 2 aromatic carbocycles. The van der Waals surface area contributed by atoms with Crippen molar-refractivity contribution in [1.29, 1.82) is 0 Å². The van der Waals surface area contributed by atoms with Crippen LogP contribution >= 0.6 is 0 Å². The van der Waals surface area contributed by atoms with Gasteiger partial charge in [0.25, 0.3) is 0 Å². The van der Waals surface area contributed by atoms with Crippen LogP contribution in [0.4, 0.5) is 0 Å². The van der Waals surface area contributed by atoms with Crippen molar-refractivity contribution in [1.82, 2.24) is 4.90 Å². The van der Waals surface area contributed by atoms with Crippen molar-refractivity contribution in [2.75, 3.05) is 19.6 Å². The maximum absolute atomic E-state index is 11.0. The summed E-state index contributed by atoms with van der Waals surface area (Å²) in [6, 6.07) is 13.8. The summed E-state index contributed by atoms with van der Waals surface area (Å²) in [5.74, 6) is -2.03. The number of hydrogen-bond donors (Lipinski definition) is 5. The van der Waals surface area contributed by atoms with E-state index in [-0.39, 0.29) is 11.7 Å². The highest BCUT2D eigenvalue weighted by atomic mass is 16.4. The smallest absolute Gasteiger partial charge is 0.328 e. The zero-order chi connectivity index (χ0) is 26.3. The number of likely N-dealkylation sites (tertiary alicyclic amines) is 1. The highest BCUT2D eigenvalue weighted by molar-refractivity contribution is 5.89. The van der Waals surface area contributed by atoms with Crippen molar-refractivity contribution in [2.45, 2.75) is 50.7 Å². The number of piperidine rings is 1. The van der Waals surface area contributed by atoms with Crippen molar-refractivity contribution in [2.24, 2.45) is 5.92 Å². The van der Waals surface area contributed by atoms with Crippen LogP contribution in [0.25, 0.3) is 0 Å². The molecule has 0 aromatic heterocycles. The predicted octanol–water partition coefficient (Wildman–Crippen LogP) is 3.08. The molecule has 1 saturated heterocycles. The van der Waals surface area contributed by atoms with Gasteiger partial charge in [0.1, 0.15) is 5.75 Å². The largest absolute Gasteiger partial charge is 0.508 e. The normalized spacial score (nSPS) is 21.3. The molecular weight excluding hydrogens is 462 g/mol. The lowest BCUT2D eigenvalue weighted by Crippen LogP contribution is -2.47. The number of aliphatic hydroxyl groups excluding tert-OH is 1. The number of nitrogens with zero attached hydrogens (tertiary/aromatic N) is 1. The van der Waals surface area contributed by atoms with Crippen LogP contribution in [0.5, 0.6) is 5.75 Å². The number of benzene rings is 2. The second-order valence-corrected chi connectivity index (χ2v) is 9.82. The third kappa shape index (κ3) is 7.91. The fourth-order valence-electron chi connectivity index (χ4n) is 4.93. The zero-order valence-corrected chi connectivity index (χ0v) is 20.5. The fraction of sp³-hybridized carbons (Fsp3) is 0.429. The molecule has 1 heterocycles. The summed E-state index contributed by atoms with van der Waals surface area (Å²) in [5, 5.41) is 47.1. The van der Waals surface area contributed by atoms with Gasteiger partial charge in [-0.1, -0.05) is 35.9 Å². The highest BCUT2D eigenvalue weighted by Gasteiger charge is 2.35. The van der Waals surface area contributed by atoms with Crippen LogP contribution in [0.2, 0.25) is 0 Å². The summed E-state index contributed by atoms with van der Waals surface area (Å²) in [6.45, 7) is 4.68. The Morgan fingerprint density at radius 3 is 2.22 bits per heavy atom. The van der Waals surface area contributed by atoms with Crippen LogP contribution in [0.3, 0.4) is 0 Å². The summed E-state index contributed by atoms with van der Waals surface area (Å²) in [6.07, 6.45) is 4.73. The number of aliphatic hydroxyl groups is 2. The lowest BCUT2D eigenvalue weighted by Gasteiger charge is -2.41. The summed E-state index contributed by atoms with van der Waals surface area (Å²) in [7, 11) is 0. The molecule has 2 atom stereocenters. The molecule has 2 aromatic rings. The first kappa shape index (κ1) is 27.4. The molecule has 4 rings (SSSR count). The summed E-state index contributed by atoms with van der Waals surface area (Å²) < 4.78 is 0. The van der Waals surface area contributed by atoms with E-state index in [1.54, 1.807) is 12.1 Å². The van der Waals surface area contributed by atoms with Crippen LogP contribution in [0.15, 0.2) is 54.6 Å². The molecule has 2 unspecified atom stereocenters. The van der Waals surface area contributed by atoms with Gasteiger partial charge in [0.05, 0.1) is 11.7 Å². The number of rotatable bonds is 6. The molecule has 36 heavy (non-hydrogen) atoms. The SMILES string of the molecule is Cc1ccc(CC2(O)CCN(CC3CCc4cc(O)ccc4C3O)CC2)cc1.O=C(O)C=CC(=O)O. The summed E-state index contributed by atoms with van der Waals surface area (Å²) in [4.78, 5) is 21.5. The first-order valence-corrected chi connectivity index (χ1v) is 12.2. The van der Waals surface area contributed by atoms with Gasteiger partial charge in [0.15, 0.2) is 0 Å². The van der Waals surface area contributed by atoms with E-state index < -0.39 is 23.6 Å². The third-order valence-electron chi connectivity index (χ3n) is 6.98. The van der Waals surface area contributed by atoms with Gasteiger partial charge in [-0.3, -0.25) is 0 Å². The molecule has 1 aliphatic carbocycles. The Hall–Kier alpha value is -3.20. The van der Waals surface area contributed by atoms with Gasteiger partial charge in [-0.15, -0.1) is 0 Å². The lowest BCUT2D eigenvalue weighted by atomic mass is 9.80. The van der Waals surface area contributed by atoms with Crippen LogP contribution in [0, 0.1) is 12.8 Å². The van der Waals surface area contributed by atoms with Crippen molar-refractivity contribution in [3.63, 3.8) is 0 Å². The summed E-state index contributed by atoms with van der Waals surface area (Å²) in [5.41, 5.74) is 3.84. The molecule has 0 bridgehead atoms. The Balaban J connectivity index is 0.000000392. The molecular formula is C28H35NO7. The van der Waals surface area contributed by atoms with E-state index in [4.69, 9.17) is 10.2 Å². The molecule has 1 aliphatic heterocycles. The first-order chi connectivity index (χ1) is 17.0. The van der Waals surface area contributed by atoms with E-state index >= 15 is 0 Å². The van der Waals surface area contributed by atoms with E-state index in [2.05, 4.69) is 36.1 Å². The van der Waals surface area contributed by atoms with Gasteiger partial charge in [-0.2, -0.15) is 0 Å². The van der Waals surface area contributed by atoms with E-state index in [0.29, 0.717) is 18.6 Å². The molecule has 0 radical (unpaired) electrons. The van der Waals surface area contributed by atoms with Crippen LogP contribution in [-0.2, 0) is 22.4 Å². The molecule has 194 valence electrons. The van der Waals surface area contributed by atoms with Gasteiger partial charge in [-0.25, -0.2) is 9.59 Å². The van der Waals surface area contributed by atoms with E-state index in [1.807, 2.05) is 6.07 Å². The maximum atomic E-state index is 11.0. The molecule has 0 amide bonds. The molecule has 0 spiro atoms. The van der Waals surface area contributed by atoms with Crippen LogP contribution in [0.1, 0.15) is 47.6 Å². The standard InChI is InChI=1S/C24H31NO3.C4H4O4/c1-17-2-4-18(5-3-17)15-24(28)10-12-25(13-11-24)16-20-7-6-19-14-21(26)8-9-22(19)23(20)27;5-3(6)1-2-4(7)8/h2-5,8-9,14,20,23,26-28H,6-7,10-13,15-16H2,1H3;1-2H,(H,5,6)(H,7,8). The number of carbonyl (C=O) groups is 2. The van der Waals surface area contributed by atoms with E-state index in [9.17, 15) is 24.9 Å². The lowest BCUT2D eigenvalue weighted by molar-refractivity contribution is -0.134. The minimum absolute atomic E-state index is 0.209. The Labute approximate surface area is 211 Å². The molecule has 8 heteroatoms. The maximum Gasteiger partial charge on any atom is 0.328 e. The first-order valence-electron chi connectivity index (χ1n) is 12.2. The van der Waals surface area contributed by atoms with Crippen molar-refractivity contribution >= 4 is 11.9 Å². The van der Waals surface area contributed by atoms with Crippen molar-refractivity contribution in [3.05, 3.63) is 76.9 Å². The molecule has 5 N–H and O–H groups in total. The van der Waals surface area contributed by atoms with Crippen LogP contribution < -0.4 is 0 Å². The van der Waals surface area contributed by atoms with Gasteiger partial charge >= 0.3 is 11.9 Å². The molecule has 1 fully saturated rings. The van der Waals surface area contributed by atoms with Gasteiger partial charge in [-0.05, 0) is 61.4 Å². The second kappa shape index (κ2) is 12.2. The third-order valence-corrected chi connectivity index (χ3v) is 6.98. The minimum Gasteiger partial charge on any atom is -0.508 e. The molecule has 0 saturated carbocycles. The Bertz CT molecular complexity index is 1060. The number of phenols is 1. The zero-order valence-electron chi connectivity index (χ0n) is 20.5. The van der Waals surface area contributed by atoms with Gasteiger partial charge in [0.2, 0.25) is 0 Å². The highest BCUT2D eigenvalue weighted by Crippen LogP contribution is 2.37. The van der Waals surface area contributed by atoms with Crippen LogP contribution in [-0.4, -0.2) is 67.6 Å². The minimum atomic E-state index is -1.26. The van der Waals surface area contributed by atoms with E-state index in [1.165, 1.54) is 11.1 Å². The quantitative estimate of drug-likeness (QED) is 0.384. The van der Waals surface area contributed by atoms with Crippen molar-refractivity contribution in [3.8, 4) is 5.75 Å². The number of aliphatic carboxylic acids is 2. The number of phenolic OH excluding ortho intramolecular Hbond substituents is 1. The summed E-state index contributed by atoms with van der Waals surface area (Å²) >= 11 is 0. The number of carboxylic acid groups (broad SMARTS) is 2. The number of fused-ring (bicyclic) bond motifs is 1. The van der Waals surface area contributed by atoms with Gasteiger partial charge < -0.3 is 30.4 Å². The average Bonchev–Trinajstić information content (AvgIpc) is 2.83. The predicted molar refractivity (Wildman–Crippen MR) is 135 cm³/mol. The Kier molecular flexibility index (Phi) is 9.25. The molecule has 8 nitrogen and oxygen atoms in total. The number of aromatic hydroxyl groups is 1. The number of hydrogen-bond acceptors (Lipinski definition) is 6.